The van der Waals surface area contributed by atoms with E-state index in [-0.39, 0.29) is 17.0 Å². The van der Waals surface area contributed by atoms with E-state index in [4.69, 9.17) is 15.2 Å². The predicted molar refractivity (Wildman–Crippen MR) is 111 cm³/mol. The number of hydrogen-bond acceptors (Lipinski definition) is 11. The molecule has 182 valence electrons. The van der Waals surface area contributed by atoms with Crippen molar-refractivity contribution in [3.63, 3.8) is 0 Å². The van der Waals surface area contributed by atoms with Crippen LogP contribution >= 0.6 is 0 Å². The van der Waals surface area contributed by atoms with Crippen molar-refractivity contribution in [3.8, 4) is 5.75 Å². The molecule has 5 atom stereocenters. The first kappa shape index (κ1) is 25.0. The van der Waals surface area contributed by atoms with Gasteiger partial charge < -0.3 is 40.8 Å². The van der Waals surface area contributed by atoms with Gasteiger partial charge in [-0.3, -0.25) is 0 Å². The Morgan fingerprint density at radius 3 is 2.55 bits per heavy atom. The summed E-state index contributed by atoms with van der Waals surface area (Å²) in [6.45, 7) is -0.127. The first-order chi connectivity index (χ1) is 15.5. The Hall–Kier alpha value is -2.65. The molecule has 1 aliphatic heterocycles. The van der Waals surface area contributed by atoms with Gasteiger partial charge in [-0.05, 0) is 24.6 Å². The molecule has 2 heterocycles. The second kappa shape index (κ2) is 9.30. The van der Waals surface area contributed by atoms with Crippen LogP contribution in [-0.4, -0.2) is 78.1 Å². The van der Waals surface area contributed by atoms with Crippen molar-refractivity contribution in [2.75, 3.05) is 19.5 Å². The number of halogens is 1. The number of hydroxylamine groups is 2. The minimum Gasteiger partial charge on any atom is -0.497 e. The number of methoxy groups -OCH3 is 1. The summed E-state index contributed by atoms with van der Waals surface area (Å²) in [5.74, 6) is -3.21. The molecule has 12 nitrogen and oxygen atoms in total. The molecule has 1 fully saturated rings. The fraction of sp³-hybridized carbons (Fsp3) is 0.500. The number of anilines is 1. The molecule has 2 aromatic rings. The summed E-state index contributed by atoms with van der Waals surface area (Å²) >= 11 is 0. The molecule has 0 amide bonds. The van der Waals surface area contributed by atoms with Crippen molar-refractivity contribution < 1.29 is 39.5 Å². The van der Waals surface area contributed by atoms with E-state index in [1.807, 2.05) is 0 Å². The number of alkyl halides is 1. The lowest BCUT2D eigenvalue weighted by atomic mass is 9.99. The van der Waals surface area contributed by atoms with Crippen molar-refractivity contribution in [2.24, 2.45) is 0 Å². The van der Waals surface area contributed by atoms with E-state index in [1.54, 1.807) is 24.3 Å². The summed E-state index contributed by atoms with van der Waals surface area (Å²) < 4.78 is 24.2. The molecule has 0 spiro atoms. The highest BCUT2D eigenvalue weighted by molar-refractivity contribution is 5.40. The van der Waals surface area contributed by atoms with Crippen LogP contribution in [0.3, 0.4) is 0 Å². The first-order valence-corrected chi connectivity index (χ1v) is 10.0. The van der Waals surface area contributed by atoms with Crippen molar-refractivity contribution in [1.82, 2.24) is 14.6 Å². The summed E-state index contributed by atoms with van der Waals surface area (Å²) in [6.07, 6.45) is -4.42. The van der Waals surface area contributed by atoms with E-state index in [0.29, 0.717) is 15.9 Å². The van der Waals surface area contributed by atoms with Gasteiger partial charge in [-0.1, -0.05) is 12.1 Å². The predicted octanol–water partition coefficient (Wildman–Crippen LogP) is -1.33. The third kappa shape index (κ3) is 4.19. The molecule has 0 aliphatic carbocycles. The van der Waals surface area contributed by atoms with Crippen molar-refractivity contribution in [1.29, 1.82) is 0 Å². The van der Waals surface area contributed by atoms with E-state index in [2.05, 4.69) is 4.98 Å². The highest BCUT2D eigenvalue weighted by atomic mass is 19.1. The van der Waals surface area contributed by atoms with E-state index in [0.717, 1.165) is 6.20 Å². The Morgan fingerprint density at radius 1 is 1.36 bits per heavy atom. The van der Waals surface area contributed by atoms with Crippen LogP contribution in [0.5, 0.6) is 5.75 Å². The van der Waals surface area contributed by atoms with Gasteiger partial charge in [-0.15, -0.1) is 5.06 Å². The number of nitrogens with two attached hydrogens (primary N) is 1. The second-order valence-corrected chi connectivity index (χ2v) is 7.80. The minimum absolute atomic E-state index is 0.00515. The molecule has 13 heteroatoms. The molecule has 7 N–H and O–H groups in total. The number of nitrogens with zero attached hydrogens (tertiary/aromatic N) is 3. The van der Waals surface area contributed by atoms with Gasteiger partial charge in [0.05, 0.1) is 20.3 Å². The number of aromatic nitrogens is 2. The van der Waals surface area contributed by atoms with Crippen LogP contribution in [-0.2, 0) is 23.6 Å². The standard InChI is InChI=1S/C20H27FN4O8/c1-11(21)7-13-8-23-18(28)25(17(13)22)20(30)19(29,16(27)15(10-26)33-20)24(31)9-12-3-5-14(32-2)6-4-12/h3-6,8,11,15-16,26-27,29-31H,7,9-10,22H2,1-2H3/t11?,15-,16-,19-,20+/m1/s1. The van der Waals surface area contributed by atoms with Gasteiger partial charge in [0.25, 0.3) is 0 Å². The SMILES string of the molecule is COc1ccc(CN(O)[C@@]2(O)[C@H](O)[C@@H](CO)O[C@]2(O)n2c(N)c(CC(C)F)cnc2=O)cc1. The van der Waals surface area contributed by atoms with Crippen LogP contribution in [0, 0.1) is 0 Å². The first-order valence-electron chi connectivity index (χ1n) is 10.0. The lowest BCUT2D eigenvalue weighted by Gasteiger charge is -2.42. The number of aliphatic hydroxyl groups excluding tert-OH is 2. The van der Waals surface area contributed by atoms with Gasteiger partial charge in [-0.25, -0.2) is 18.7 Å². The van der Waals surface area contributed by atoms with Crippen LogP contribution in [0.2, 0.25) is 0 Å². The third-order valence-electron chi connectivity index (χ3n) is 5.52. The fourth-order valence-electron chi connectivity index (χ4n) is 3.77. The summed E-state index contributed by atoms with van der Waals surface area (Å²) in [7, 11) is 1.46. The monoisotopic (exact) mass is 470 g/mol. The lowest BCUT2D eigenvalue weighted by Crippen LogP contribution is -2.68. The zero-order valence-corrected chi connectivity index (χ0v) is 18.0. The molecule has 1 aliphatic rings. The smallest absolute Gasteiger partial charge is 0.353 e. The molecule has 0 bridgehead atoms. The Morgan fingerprint density at radius 2 is 2.00 bits per heavy atom. The van der Waals surface area contributed by atoms with Gasteiger partial charge in [0.15, 0.2) is 0 Å². The summed E-state index contributed by atoms with van der Waals surface area (Å²) in [4.78, 5) is 16.1. The molecular weight excluding hydrogens is 443 g/mol. The lowest BCUT2D eigenvalue weighted by molar-refractivity contribution is -0.413. The summed E-state index contributed by atoms with van der Waals surface area (Å²) in [5, 5.41) is 54.0. The number of ether oxygens (including phenoxy) is 2. The molecule has 1 saturated heterocycles. The van der Waals surface area contributed by atoms with E-state index >= 15 is 0 Å². The van der Waals surface area contributed by atoms with E-state index < -0.39 is 54.7 Å². The third-order valence-corrected chi connectivity index (χ3v) is 5.52. The van der Waals surface area contributed by atoms with Gasteiger partial charge >= 0.3 is 11.6 Å². The number of benzene rings is 1. The molecule has 1 aromatic carbocycles. The molecule has 0 radical (unpaired) electrons. The van der Waals surface area contributed by atoms with Crippen LogP contribution in [0.1, 0.15) is 18.1 Å². The summed E-state index contributed by atoms with van der Waals surface area (Å²) in [5.41, 5.74) is 2.07. The van der Waals surface area contributed by atoms with Gasteiger partial charge in [0.2, 0.25) is 5.72 Å². The normalized spacial score (nSPS) is 28.3. The number of rotatable bonds is 8. The van der Waals surface area contributed by atoms with E-state index in [1.165, 1.54) is 14.0 Å². The van der Waals surface area contributed by atoms with Crippen LogP contribution in [0.4, 0.5) is 10.2 Å². The molecule has 1 aromatic heterocycles. The zero-order chi connectivity index (χ0) is 24.6. The molecule has 33 heavy (non-hydrogen) atoms. The number of nitrogen functional groups attached to an aromatic ring is 1. The molecule has 3 rings (SSSR count). The summed E-state index contributed by atoms with van der Waals surface area (Å²) in [6, 6.07) is 6.24. The van der Waals surface area contributed by atoms with E-state index in [9.17, 15) is 34.8 Å². The molecular formula is C20H27FN4O8. The maximum absolute atomic E-state index is 13.6. The quantitative estimate of drug-likeness (QED) is 0.198. The minimum atomic E-state index is -3.22. The van der Waals surface area contributed by atoms with Gasteiger partial charge in [-0.2, -0.15) is 0 Å². The van der Waals surface area contributed by atoms with Crippen LogP contribution < -0.4 is 16.2 Å². The second-order valence-electron chi connectivity index (χ2n) is 7.80. The zero-order valence-electron chi connectivity index (χ0n) is 18.0. The Balaban J connectivity index is 2.11. The van der Waals surface area contributed by atoms with Crippen molar-refractivity contribution in [2.45, 2.75) is 49.9 Å². The maximum Gasteiger partial charge on any atom is 0.353 e. The fourth-order valence-corrected chi connectivity index (χ4v) is 3.77. The Labute approximate surface area is 187 Å². The highest BCUT2D eigenvalue weighted by Gasteiger charge is 2.70. The average Bonchev–Trinajstić information content (AvgIpc) is 2.98. The van der Waals surface area contributed by atoms with Crippen molar-refractivity contribution in [3.05, 3.63) is 52.1 Å². The largest absolute Gasteiger partial charge is 0.497 e. The van der Waals surface area contributed by atoms with Crippen molar-refractivity contribution >= 4 is 5.82 Å². The number of aliphatic hydroxyl groups is 4. The Bertz CT molecular complexity index is 1040. The van der Waals surface area contributed by atoms with Crippen LogP contribution in [0.15, 0.2) is 35.3 Å². The highest BCUT2D eigenvalue weighted by Crippen LogP contribution is 2.44. The maximum atomic E-state index is 13.6. The molecule has 0 saturated carbocycles. The number of hydrogen-bond donors (Lipinski definition) is 6. The topological polar surface area (TPSA) is 184 Å². The van der Waals surface area contributed by atoms with Gasteiger partial charge in [0, 0.05) is 18.2 Å². The molecule has 1 unspecified atom stereocenters. The van der Waals surface area contributed by atoms with Gasteiger partial charge in [0.1, 0.15) is 29.9 Å². The Kier molecular flexibility index (Phi) is 7.04. The average molecular weight is 470 g/mol. The van der Waals surface area contributed by atoms with Crippen LogP contribution in [0.25, 0.3) is 0 Å².